The number of ether oxygens (including phenoxy) is 1. The molecule has 1 saturated heterocycles. The van der Waals surface area contributed by atoms with E-state index in [9.17, 15) is 5.11 Å². The summed E-state index contributed by atoms with van der Waals surface area (Å²) in [7, 11) is 0. The van der Waals surface area contributed by atoms with E-state index in [4.69, 9.17) is 4.74 Å². The van der Waals surface area contributed by atoms with E-state index < -0.39 is 0 Å². The van der Waals surface area contributed by atoms with Crippen molar-refractivity contribution in [2.75, 3.05) is 31.2 Å². The summed E-state index contributed by atoms with van der Waals surface area (Å²) in [4.78, 5) is 11.0. The van der Waals surface area contributed by atoms with E-state index in [0.717, 1.165) is 30.2 Å². The standard InChI is InChI=1S/C18H19N5O2/c24-13-16-19-17(22-8-10-25-11-9-22)12-18(20-16)23-7-6-15(21-23)14-4-2-1-3-5-14/h1-7,12,24H,8-11,13H2. The van der Waals surface area contributed by atoms with Gasteiger partial charge in [0.15, 0.2) is 11.6 Å². The van der Waals surface area contributed by atoms with Crippen molar-refractivity contribution in [2.45, 2.75) is 6.61 Å². The summed E-state index contributed by atoms with van der Waals surface area (Å²) in [5.74, 6) is 1.81. The Morgan fingerprint density at radius 3 is 2.52 bits per heavy atom. The molecule has 25 heavy (non-hydrogen) atoms. The lowest BCUT2D eigenvalue weighted by Crippen LogP contribution is -2.37. The molecule has 0 unspecified atom stereocenters. The highest BCUT2D eigenvalue weighted by Crippen LogP contribution is 2.20. The molecule has 0 radical (unpaired) electrons. The zero-order valence-corrected chi connectivity index (χ0v) is 13.7. The second-order valence-corrected chi connectivity index (χ2v) is 5.77. The van der Waals surface area contributed by atoms with Crippen LogP contribution < -0.4 is 4.90 Å². The number of hydrogen-bond acceptors (Lipinski definition) is 6. The largest absolute Gasteiger partial charge is 0.388 e. The highest BCUT2D eigenvalue weighted by Gasteiger charge is 2.16. The van der Waals surface area contributed by atoms with Crippen LogP contribution in [0.1, 0.15) is 5.82 Å². The first-order chi connectivity index (χ1) is 12.3. The van der Waals surface area contributed by atoms with Crippen molar-refractivity contribution in [3.8, 4) is 17.1 Å². The van der Waals surface area contributed by atoms with Gasteiger partial charge in [0, 0.05) is 30.9 Å². The number of aliphatic hydroxyl groups excluding tert-OH is 1. The molecule has 0 atom stereocenters. The molecule has 128 valence electrons. The van der Waals surface area contributed by atoms with Gasteiger partial charge in [0.05, 0.1) is 18.9 Å². The molecule has 1 aromatic carbocycles. The third-order valence-electron chi connectivity index (χ3n) is 4.12. The van der Waals surface area contributed by atoms with Crippen molar-refractivity contribution >= 4 is 5.82 Å². The Bertz CT molecular complexity index is 844. The van der Waals surface area contributed by atoms with Crippen LogP contribution in [0, 0.1) is 0 Å². The first kappa shape index (κ1) is 15.7. The zero-order chi connectivity index (χ0) is 17.1. The average Bonchev–Trinajstić information content (AvgIpc) is 3.19. The van der Waals surface area contributed by atoms with Gasteiger partial charge in [-0.2, -0.15) is 5.10 Å². The molecule has 4 rings (SSSR count). The second-order valence-electron chi connectivity index (χ2n) is 5.77. The van der Waals surface area contributed by atoms with Gasteiger partial charge in [-0.05, 0) is 6.07 Å². The van der Waals surface area contributed by atoms with Crippen LogP contribution in [-0.4, -0.2) is 51.2 Å². The molecule has 0 amide bonds. The molecule has 3 aromatic rings. The molecule has 7 heteroatoms. The van der Waals surface area contributed by atoms with E-state index in [0.29, 0.717) is 24.9 Å². The summed E-state index contributed by atoms with van der Waals surface area (Å²) in [6.07, 6.45) is 1.87. The first-order valence-electron chi connectivity index (χ1n) is 8.26. The van der Waals surface area contributed by atoms with Crippen molar-refractivity contribution in [1.29, 1.82) is 0 Å². The van der Waals surface area contributed by atoms with Gasteiger partial charge in [-0.15, -0.1) is 0 Å². The van der Waals surface area contributed by atoms with Crippen LogP contribution in [0.4, 0.5) is 5.82 Å². The van der Waals surface area contributed by atoms with Gasteiger partial charge in [0.2, 0.25) is 0 Å². The zero-order valence-electron chi connectivity index (χ0n) is 13.7. The van der Waals surface area contributed by atoms with E-state index in [1.807, 2.05) is 48.7 Å². The summed E-state index contributed by atoms with van der Waals surface area (Å²) >= 11 is 0. The fraction of sp³-hybridized carbons (Fsp3) is 0.278. The quantitative estimate of drug-likeness (QED) is 0.780. The minimum atomic E-state index is -0.210. The Morgan fingerprint density at radius 2 is 1.76 bits per heavy atom. The molecule has 2 aromatic heterocycles. The maximum atomic E-state index is 9.52. The van der Waals surface area contributed by atoms with E-state index >= 15 is 0 Å². The number of hydrogen-bond donors (Lipinski definition) is 1. The molecule has 7 nitrogen and oxygen atoms in total. The monoisotopic (exact) mass is 337 g/mol. The predicted molar refractivity (Wildman–Crippen MR) is 93.5 cm³/mol. The smallest absolute Gasteiger partial charge is 0.159 e. The number of benzene rings is 1. The lowest BCUT2D eigenvalue weighted by Gasteiger charge is -2.28. The SMILES string of the molecule is OCc1nc(N2CCOCC2)cc(-n2ccc(-c3ccccc3)n2)n1. The van der Waals surface area contributed by atoms with Gasteiger partial charge in [-0.25, -0.2) is 14.6 Å². The van der Waals surface area contributed by atoms with Crippen molar-refractivity contribution in [3.05, 3.63) is 54.5 Å². The van der Waals surface area contributed by atoms with E-state index in [1.165, 1.54) is 0 Å². The topological polar surface area (TPSA) is 76.3 Å². The van der Waals surface area contributed by atoms with Gasteiger partial charge in [-0.3, -0.25) is 0 Å². The highest BCUT2D eigenvalue weighted by molar-refractivity contribution is 5.58. The molecule has 0 saturated carbocycles. The third-order valence-corrected chi connectivity index (χ3v) is 4.12. The first-order valence-corrected chi connectivity index (χ1v) is 8.26. The minimum Gasteiger partial charge on any atom is -0.388 e. The van der Waals surface area contributed by atoms with Crippen molar-refractivity contribution in [2.24, 2.45) is 0 Å². The van der Waals surface area contributed by atoms with Gasteiger partial charge in [0.25, 0.3) is 0 Å². The van der Waals surface area contributed by atoms with E-state index in [1.54, 1.807) is 4.68 Å². The number of rotatable bonds is 4. The van der Waals surface area contributed by atoms with Crippen LogP contribution >= 0.6 is 0 Å². The average molecular weight is 337 g/mol. The summed E-state index contributed by atoms with van der Waals surface area (Å²) in [5.41, 5.74) is 1.92. The van der Waals surface area contributed by atoms with Crippen LogP contribution in [0.2, 0.25) is 0 Å². The molecular weight excluding hydrogens is 318 g/mol. The van der Waals surface area contributed by atoms with Gasteiger partial charge < -0.3 is 14.7 Å². The third kappa shape index (κ3) is 3.38. The second kappa shape index (κ2) is 7.00. The number of aromatic nitrogens is 4. The van der Waals surface area contributed by atoms with Crippen LogP contribution in [-0.2, 0) is 11.3 Å². The Labute approximate surface area is 145 Å². The van der Waals surface area contributed by atoms with E-state index in [2.05, 4.69) is 20.0 Å². The molecule has 1 aliphatic heterocycles. The van der Waals surface area contributed by atoms with Crippen molar-refractivity contribution in [1.82, 2.24) is 19.7 Å². The predicted octanol–water partition coefficient (Wildman–Crippen LogP) is 1.66. The van der Waals surface area contributed by atoms with Crippen LogP contribution in [0.15, 0.2) is 48.7 Å². The highest BCUT2D eigenvalue weighted by atomic mass is 16.5. The maximum absolute atomic E-state index is 9.52. The normalized spacial score (nSPS) is 14.7. The number of aliphatic hydroxyl groups is 1. The van der Waals surface area contributed by atoms with Crippen molar-refractivity contribution in [3.63, 3.8) is 0 Å². The fourth-order valence-electron chi connectivity index (χ4n) is 2.83. The Morgan fingerprint density at radius 1 is 1.00 bits per heavy atom. The summed E-state index contributed by atoms with van der Waals surface area (Å²) in [5, 5.41) is 14.1. The number of anilines is 1. The van der Waals surface area contributed by atoms with E-state index in [-0.39, 0.29) is 6.61 Å². The van der Waals surface area contributed by atoms with Crippen molar-refractivity contribution < 1.29 is 9.84 Å². The van der Waals surface area contributed by atoms with Crippen LogP contribution in [0.3, 0.4) is 0 Å². The minimum absolute atomic E-state index is 0.210. The summed E-state index contributed by atoms with van der Waals surface area (Å²) < 4.78 is 7.11. The van der Waals surface area contributed by atoms with Gasteiger partial charge >= 0.3 is 0 Å². The van der Waals surface area contributed by atoms with Crippen LogP contribution in [0.5, 0.6) is 0 Å². The maximum Gasteiger partial charge on any atom is 0.159 e. The molecule has 1 N–H and O–H groups in total. The Hall–Kier alpha value is -2.77. The molecular formula is C18H19N5O2. The van der Waals surface area contributed by atoms with Crippen LogP contribution in [0.25, 0.3) is 17.1 Å². The number of morpholine rings is 1. The fourth-order valence-corrected chi connectivity index (χ4v) is 2.83. The summed E-state index contributed by atoms with van der Waals surface area (Å²) in [6.45, 7) is 2.69. The molecule has 1 aliphatic rings. The van der Waals surface area contributed by atoms with Gasteiger partial charge in [-0.1, -0.05) is 30.3 Å². The molecule has 0 aliphatic carbocycles. The molecule has 0 spiro atoms. The Kier molecular flexibility index (Phi) is 4.41. The Balaban J connectivity index is 1.69. The lowest BCUT2D eigenvalue weighted by atomic mass is 10.2. The molecule has 0 bridgehead atoms. The summed E-state index contributed by atoms with van der Waals surface area (Å²) in [6, 6.07) is 13.8. The van der Waals surface area contributed by atoms with Gasteiger partial charge in [0.1, 0.15) is 12.4 Å². The lowest BCUT2D eigenvalue weighted by molar-refractivity contribution is 0.122. The number of nitrogens with zero attached hydrogens (tertiary/aromatic N) is 5. The molecule has 1 fully saturated rings. The molecule has 3 heterocycles.